The van der Waals surface area contributed by atoms with Crippen LogP contribution >= 0.6 is 0 Å². The largest absolute Gasteiger partial charge is 0.442 e. The Kier molecular flexibility index (Phi) is 4.21. The number of halogens is 1. The number of hydrogen-bond acceptors (Lipinski definition) is 4. The van der Waals surface area contributed by atoms with Gasteiger partial charge in [-0.1, -0.05) is 18.2 Å². The highest BCUT2D eigenvalue weighted by molar-refractivity contribution is 6.04. The molecular formula is C20H16FN3O3. The second kappa shape index (κ2) is 6.69. The van der Waals surface area contributed by atoms with Crippen molar-refractivity contribution in [3.05, 3.63) is 83.5 Å². The summed E-state index contributed by atoms with van der Waals surface area (Å²) in [6, 6.07) is 13.1. The van der Waals surface area contributed by atoms with Gasteiger partial charge in [0.1, 0.15) is 11.6 Å². The number of H-pyrrole nitrogens is 1. The first-order chi connectivity index (χ1) is 13.0. The molecule has 2 aromatic heterocycles. The number of nitrogens with zero attached hydrogens (tertiary/aromatic N) is 1. The van der Waals surface area contributed by atoms with Gasteiger partial charge in [0.25, 0.3) is 5.91 Å². The smallest absolute Gasteiger partial charge is 0.277 e. The van der Waals surface area contributed by atoms with Gasteiger partial charge in [0.2, 0.25) is 5.89 Å². The maximum Gasteiger partial charge on any atom is 0.277 e. The molecule has 4 rings (SSSR count). The van der Waals surface area contributed by atoms with E-state index in [2.05, 4.69) is 15.3 Å². The number of amides is 1. The van der Waals surface area contributed by atoms with Crippen LogP contribution in [0.2, 0.25) is 0 Å². The second-order valence-corrected chi connectivity index (χ2v) is 6.11. The zero-order valence-corrected chi connectivity index (χ0v) is 14.4. The zero-order valence-electron chi connectivity index (χ0n) is 14.4. The number of nitrogens with one attached hydrogen (secondary N) is 2. The van der Waals surface area contributed by atoms with Crippen molar-refractivity contribution >= 4 is 22.5 Å². The third-order valence-electron chi connectivity index (χ3n) is 4.27. The molecule has 4 aromatic rings. The summed E-state index contributed by atoms with van der Waals surface area (Å²) < 4.78 is 19.3. The number of aromatic nitrogens is 2. The van der Waals surface area contributed by atoms with Crippen molar-refractivity contribution in [2.24, 2.45) is 0 Å². The summed E-state index contributed by atoms with van der Waals surface area (Å²) in [5.74, 6) is -0.950. The minimum absolute atomic E-state index is 0.0311. The molecule has 1 atom stereocenters. The topological polar surface area (TPSA) is 91.2 Å². The molecule has 0 spiro atoms. The van der Waals surface area contributed by atoms with Gasteiger partial charge in [-0.25, -0.2) is 9.37 Å². The number of aryl methyl sites for hydroxylation is 1. The Balaban J connectivity index is 1.58. The Bertz CT molecular complexity index is 1130. The Morgan fingerprint density at radius 1 is 1.26 bits per heavy atom. The number of aromatic amines is 1. The Morgan fingerprint density at radius 3 is 2.89 bits per heavy atom. The maximum absolute atomic E-state index is 13.9. The Morgan fingerprint density at radius 2 is 2.07 bits per heavy atom. The fourth-order valence-electron chi connectivity index (χ4n) is 2.90. The van der Waals surface area contributed by atoms with E-state index in [1.807, 2.05) is 24.4 Å². The third-order valence-corrected chi connectivity index (χ3v) is 4.27. The van der Waals surface area contributed by atoms with Gasteiger partial charge in [-0.2, -0.15) is 0 Å². The molecule has 27 heavy (non-hydrogen) atoms. The van der Waals surface area contributed by atoms with E-state index in [0.717, 1.165) is 10.9 Å². The monoisotopic (exact) mass is 365 g/mol. The van der Waals surface area contributed by atoms with Crippen LogP contribution in [-0.2, 0) is 0 Å². The standard InChI is InChI=1S/C20H16FN3O3/c1-11-17(19(26)23-13-6-7-16-12(10-13)8-9-22-16)24-20(27-11)18(25)14-4-2-3-5-15(14)21/h2-10,18,22,25H,1H3,(H,23,26). The van der Waals surface area contributed by atoms with Crippen molar-refractivity contribution in [2.75, 3.05) is 5.32 Å². The summed E-state index contributed by atoms with van der Waals surface area (Å²) in [6.45, 7) is 1.56. The highest BCUT2D eigenvalue weighted by Crippen LogP contribution is 2.26. The van der Waals surface area contributed by atoms with Gasteiger partial charge in [-0.05, 0) is 37.3 Å². The molecule has 1 amide bonds. The number of rotatable bonds is 4. The third kappa shape index (κ3) is 3.20. The highest BCUT2D eigenvalue weighted by atomic mass is 19.1. The SMILES string of the molecule is Cc1oc(C(O)c2ccccc2F)nc1C(=O)Nc1ccc2[nH]ccc2c1. The summed E-state index contributed by atoms with van der Waals surface area (Å²) >= 11 is 0. The summed E-state index contributed by atoms with van der Waals surface area (Å²) in [5.41, 5.74) is 1.63. The van der Waals surface area contributed by atoms with Crippen molar-refractivity contribution in [2.45, 2.75) is 13.0 Å². The second-order valence-electron chi connectivity index (χ2n) is 6.11. The van der Waals surface area contributed by atoms with E-state index in [0.29, 0.717) is 5.69 Å². The van der Waals surface area contributed by atoms with Crippen LogP contribution in [-0.4, -0.2) is 21.0 Å². The lowest BCUT2D eigenvalue weighted by Crippen LogP contribution is -2.14. The van der Waals surface area contributed by atoms with Crippen LogP contribution in [0, 0.1) is 12.7 Å². The van der Waals surface area contributed by atoms with Crippen molar-refractivity contribution in [3.63, 3.8) is 0 Å². The molecule has 0 saturated carbocycles. The van der Waals surface area contributed by atoms with Crippen LogP contribution < -0.4 is 5.32 Å². The maximum atomic E-state index is 13.9. The van der Waals surface area contributed by atoms with E-state index in [9.17, 15) is 14.3 Å². The molecule has 0 aliphatic carbocycles. The van der Waals surface area contributed by atoms with Crippen LogP contribution in [0.5, 0.6) is 0 Å². The summed E-state index contributed by atoms with van der Waals surface area (Å²) in [6.07, 6.45) is 0.414. The number of hydrogen-bond donors (Lipinski definition) is 3. The first-order valence-corrected chi connectivity index (χ1v) is 8.31. The van der Waals surface area contributed by atoms with E-state index in [1.54, 1.807) is 19.1 Å². The average Bonchev–Trinajstić information content (AvgIpc) is 3.27. The van der Waals surface area contributed by atoms with E-state index < -0.39 is 17.8 Å². The summed E-state index contributed by atoms with van der Waals surface area (Å²) in [7, 11) is 0. The minimum Gasteiger partial charge on any atom is -0.442 e. The number of benzene rings is 2. The van der Waals surface area contributed by atoms with Crippen LogP contribution in [0.25, 0.3) is 10.9 Å². The molecule has 7 heteroatoms. The predicted molar refractivity (Wildman–Crippen MR) is 98.0 cm³/mol. The first-order valence-electron chi connectivity index (χ1n) is 8.31. The van der Waals surface area contributed by atoms with Gasteiger partial charge >= 0.3 is 0 Å². The number of oxazole rings is 1. The van der Waals surface area contributed by atoms with Crippen molar-refractivity contribution in [1.29, 1.82) is 0 Å². The molecular weight excluding hydrogens is 349 g/mol. The number of carbonyl (C=O) groups is 1. The molecule has 0 aliphatic rings. The number of carbonyl (C=O) groups excluding carboxylic acids is 1. The number of aliphatic hydroxyl groups is 1. The number of fused-ring (bicyclic) bond motifs is 1. The van der Waals surface area contributed by atoms with Crippen LogP contribution in [0.1, 0.15) is 33.8 Å². The molecule has 0 bridgehead atoms. The lowest BCUT2D eigenvalue weighted by Gasteiger charge is -2.07. The lowest BCUT2D eigenvalue weighted by molar-refractivity contribution is 0.102. The van der Waals surface area contributed by atoms with Crippen molar-refractivity contribution in [1.82, 2.24) is 9.97 Å². The Hall–Kier alpha value is -3.45. The van der Waals surface area contributed by atoms with Crippen molar-refractivity contribution < 1.29 is 18.7 Å². The molecule has 2 heterocycles. The van der Waals surface area contributed by atoms with Crippen LogP contribution in [0.4, 0.5) is 10.1 Å². The number of aliphatic hydroxyl groups excluding tert-OH is 1. The van der Waals surface area contributed by atoms with E-state index in [1.165, 1.54) is 18.2 Å². The predicted octanol–water partition coefficient (Wildman–Crippen LogP) is 3.94. The molecule has 0 radical (unpaired) electrons. The highest BCUT2D eigenvalue weighted by Gasteiger charge is 2.24. The number of anilines is 1. The minimum atomic E-state index is -1.40. The van der Waals surface area contributed by atoms with E-state index in [4.69, 9.17) is 4.42 Å². The average molecular weight is 365 g/mol. The fraction of sp³-hybridized carbons (Fsp3) is 0.100. The molecule has 0 saturated heterocycles. The van der Waals surface area contributed by atoms with Gasteiger partial charge in [0.05, 0.1) is 0 Å². The molecule has 0 fully saturated rings. The fourth-order valence-corrected chi connectivity index (χ4v) is 2.90. The molecule has 3 N–H and O–H groups in total. The van der Waals surface area contributed by atoms with Crippen molar-refractivity contribution in [3.8, 4) is 0 Å². The van der Waals surface area contributed by atoms with Gasteiger partial charge in [0, 0.05) is 28.4 Å². The molecule has 6 nitrogen and oxygen atoms in total. The van der Waals surface area contributed by atoms with Gasteiger partial charge in [0.15, 0.2) is 11.8 Å². The van der Waals surface area contributed by atoms with Gasteiger partial charge < -0.3 is 19.8 Å². The Labute approximate surface area is 153 Å². The summed E-state index contributed by atoms with van der Waals surface area (Å²) in [5, 5.41) is 14.1. The van der Waals surface area contributed by atoms with Crippen LogP contribution in [0.15, 0.2) is 59.1 Å². The molecule has 136 valence electrons. The van der Waals surface area contributed by atoms with Crippen LogP contribution in [0.3, 0.4) is 0 Å². The normalized spacial score (nSPS) is 12.3. The summed E-state index contributed by atoms with van der Waals surface area (Å²) in [4.78, 5) is 19.7. The quantitative estimate of drug-likeness (QED) is 0.511. The van der Waals surface area contributed by atoms with Gasteiger partial charge in [-0.15, -0.1) is 0 Å². The first kappa shape index (κ1) is 17.0. The zero-order chi connectivity index (χ0) is 19.0. The van der Waals surface area contributed by atoms with Gasteiger partial charge in [-0.3, -0.25) is 4.79 Å². The molecule has 1 unspecified atom stereocenters. The lowest BCUT2D eigenvalue weighted by atomic mass is 10.1. The van der Waals surface area contributed by atoms with E-state index in [-0.39, 0.29) is 22.9 Å². The van der Waals surface area contributed by atoms with E-state index >= 15 is 0 Å². The molecule has 0 aliphatic heterocycles. The molecule has 2 aromatic carbocycles.